The summed E-state index contributed by atoms with van der Waals surface area (Å²) in [6, 6.07) is 5.86. The second-order valence-corrected chi connectivity index (χ2v) is 4.16. The van der Waals surface area contributed by atoms with Crippen LogP contribution in [0.15, 0.2) is 24.3 Å². The van der Waals surface area contributed by atoms with Gasteiger partial charge in [0.2, 0.25) is 0 Å². The Balaban J connectivity index is 3.23. The number of aldehydes is 1. The summed E-state index contributed by atoms with van der Waals surface area (Å²) in [7, 11) is 0. The van der Waals surface area contributed by atoms with E-state index in [1.54, 1.807) is 6.07 Å². The molecule has 86 valence electrons. The lowest BCUT2D eigenvalue weighted by molar-refractivity contribution is -0.386. The van der Waals surface area contributed by atoms with Gasteiger partial charge in [-0.05, 0) is 6.07 Å². The summed E-state index contributed by atoms with van der Waals surface area (Å²) >= 11 is 0. The molecule has 5 nitrogen and oxygen atoms in total. The molecule has 1 aromatic rings. The third kappa shape index (κ3) is 2.25. The summed E-state index contributed by atoms with van der Waals surface area (Å²) in [6.45, 7) is 3.06. The molecule has 1 atom stereocenters. The van der Waals surface area contributed by atoms with E-state index in [1.807, 2.05) is 0 Å². The van der Waals surface area contributed by atoms with Crippen LogP contribution in [-0.2, 0) is 4.79 Å². The van der Waals surface area contributed by atoms with E-state index in [9.17, 15) is 20.0 Å². The molecule has 0 saturated carbocycles. The molecule has 0 radical (unpaired) electrons. The van der Waals surface area contributed by atoms with Crippen LogP contribution in [0.1, 0.15) is 25.5 Å². The molecule has 16 heavy (non-hydrogen) atoms. The quantitative estimate of drug-likeness (QED) is 0.480. The highest BCUT2D eigenvalue weighted by atomic mass is 16.6. The standard InChI is InChI=1S/C11H13NO4/c1-11(2,7-13)10(14)8-5-3-4-6-9(8)12(15)16/h3-7,10,14H,1-2H3/t10-/m0/s1. The van der Waals surface area contributed by atoms with Gasteiger partial charge >= 0.3 is 0 Å². The number of aliphatic hydroxyl groups is 1. The molecule has 1 rings (SSSR count). The predicted octanol–water partition coefficient (Wildman–Crippen LogP) is 1.85. The Morgan fingerprint density at radius 2 is 2.00 bits per heavy atom. The van der Waals surface area contributed by atoms with Crippen molar-refractivity contribution in [3.8, 4) is 0 Å². The lowest BCUT2D eigenvalue weighted by Crippen LogP contribution is -2.24. The minimum atomic E-state index is -1.19. The second-order valence-electron chi connectivity index (χ2n) is 4.16. The van der Waals surface area contributed by atoms with Gasteiger partial charge < -0.3 is 9.90 Å². The van der Waals surface area contributed by atoms with Crippen LogP contribution in [0.25, 0.3) is 0 Å². The number of para-hydroxylation sites is 1. The van der Waals surface area contributed by atoms with Gasteiger partial charge in [-0.2, -0.15) is 0 Å². The van der Waals surface area contributed by atoms with Crippen LogP contribution in [0.5, 0.6) is 0 Å². The lowest BCUT2D eigenvalue weighted by Gasteiger charge is -2.24. The van der Waals surface area contributed by atoms with Crippen molar-refractivity contribution in [1.82, 2.24) is 0 Å². The zero-order chi connectivity index (χ0) is 12.3. The number of benzene rings is 1. The number of nitro groups is 1. The first-order valence-electron chi connectivity index (χ1n) is 4.78. The zero-order valence-electron chi connectivity index (χ0n) is 9.08. The van der Waals surface area contributed by atoms with Gasteiger partial charge in [0.15, 0.2) is 0 Å². The average Bonchev–Trinajstić information content (AvgIpc) is 2.28. The number of aliphatic hydroxyl groups excluding tert-OH is 1. The second kappa shape index (κ2) is 4.40. The van der Waals surface area contributed by atoms with Gasteiger partial charge in [-0.1, -0.05) is 26.0 Å². The van der Waals surface area contributed by atoms with Gasteiger partial charge in [0.05, 0.1) is 22.0 Å². The minimum Gasteiger partial charge on any atom is -0.387 e. The Morgan fingerprint density at radius 1 is 1.44 bits per heavy atom. The van der Waals surface area contributed by atoms with Crippen LogP contribution in [0, 0.1) is 15.5 Å². The Bertz CT molecular complexity index is 414. The van der Waals surface area contributed by atoms with Gasteiger partial charge in [0.25, 0.3) is 5.69 Å². The van der Waals surface area contributed by atoms with Crippen LogP contribution >= 0.6 is 0 Å². The fourth-order valence-electron chi connectivity index (χ4n) is 1.35. The largest absolute Gasteiger partial charge is 0.387 e. The summed E-state index contributed by atoms with van der Waals surface area (Å²) in [5.74, 6) is 0. The molecule has 0 fully saturated rings. The summed E-state index contributed by atoms with van der Waals surface area (Å²) < 4.78 is 0. The van der Waals surface area contributed by atoms with Crippen molar-refractivity contribution in [2.75, 3.05) is 0 Å². The highest BCUT2D eigenvalue weighted by Crippen LogP contribution is 2.35. The van der Waals surface area contributed by atoms with Crippen molar-refractivity contribution < 1.29 is 14.8 Å². The van der Waals surface area contributed by atoms with Gasteiger partial charge in [-0.25, -0.2) is 0 Å². The van der Waals surface area contributed by atoms with Crippen LogP contribution < -0.4 is 0 Å². The smallest absolute Gasteiger partial charge is 0.275 e. The molecule has 0 bridgehead atoms. The van der Waals surface area contributed by atoms with Crippen molar-refractivity contribution in [3.05, 3.63) is 39.9 Å². The third-order valence-corrected chi connectivity index (χ3v) is 2.44. The molecule has 0 amide bonds. The number of nitrogens with zero attached hydrogens (tertiary/aromatic N) is 1. The number of hydrogen-bond donors (Lipinski definition) is 1. The number of hydrogen-bond acceptors (Lipinski definition) is 4. The lowest BCUT2D eigenvalue weighted by atomic mass is 9.83. The van der Waals surface area contributed by atoms with Crippen LogP contribution in [0.3, 0.4) is 0 Å². The Hall–Kier alpha value is -1.75. The summed E-state index contributed by atoms with van der Waals surface area (Å²) in [4.78, 5) is 21.0. The molecule has 0 spiro atoms. The molecule has 0 aliphatic rings. The number of carbonyl (C=O) groups is 1. The SMILES string of the molecule is CC(C)(C=O)[C@@H](O)c1ccccc1[N+](=O)[O-]. The van der Waals surface area contributed by atoms with E-state index >= 15 is 0 Å². The zero-order valence-corrected chi connectivity index (χ0v) is 9.08. The van der Waals surface area contributed by atoms with E-state index in [2.05, 4.69) is 0 Å². The molecule has 0 saturated heterocycles. The maximum absolute atomic E-state index is 10.8. The summed E-state index contributed by atoms with van der Waals surface area (Å²) in [5.41, 5.74) is -1.07. The maximum atomic E-state index is 10.8. The van der Waals surface area contributed by atoms with E-state index in [0.29, 0.717) is 6.29 Å². The van der Waals surface area contributed by atoms with Gasteiger partial charge in [0, 0.05) is 6.07 Å². The molecule has 0 heterocycles. The highest BCUT2D eigenvalue weighted by Gasteiger charge is 2.33. The van der Waals surface area contributed by atoms with Crippen LogP contribution in [0.2, 0.25) is 0 Å². The minimum absolute atomic E-state index is 0.157. The summed E-state index contributed by atoms with van der Waals surface area (Å²) in [5, 5.41) is 20.7. The van der Waals surface area contributed by atoms with Crippen molar-refractivity contribution in [2.45, 2.75) is 20.0 Å². The molecular weight excluding hydrogens is 210 g/mol. The first kappa shape index (κ1) is 12.3. The highest BCUT2D eigenvalue weighted by molar-refractivity contribution is 5.61. The van der Waals surface area contributed by atoms with Crippen molar-refractivity contribution in [1.29, 1.82) is 0 Å². The first-order valence-corrected chi connectivity index (χ1v) is 4.78. The third-order valence-electron chi connectivity index (χ3n) is 2.44. The van der Waals surface area contributed by atoms with Crippen molar-refractivity contribution in [3.63, 3.8) is 0 Å². The van der Waals surface area contributed by atoms with Crippen LogP contribution in [-0.4, -0.2) is 16.3 Å². The Kier molecular flexibility index (Phi) is 3.39. The first-order chi connectivity index (χ1) is 7.40. The molecule has 0 aliphatic heterocycles. The van der Waals surface area contributed by atoms with Crippen LogP contribution in [0.4, 0.5) is 5.69 Å². The van der Waals surface area contributed by atoms with Gasteiger partial charge in [-0.15, -0.1) is 0 Å². The van der Waals surface area contributed by atoms with E-state index in [1.165, 1.54) is 32.0 Å². The molecule has 1 N–H and O–H groups in total. The molecule has 0 aliphatic carbocycles. The van der Waals surface area contributed by atoms with Crippen molar-refractivity contribution in [2.24, 2.45) is 5.41 Å². The monoisotopic (exact) mass is 223 g/mol. The topological polar surface area (TPSA) is 80.4 Å². The fraction of sp³-hybridized carbons (Fsp3) is 0.364. The molecule has 0 aromatic heterocycles. The molecule has 5 heteroatoms. The van der Waals surface area contributed by atoms with Gasteiger partial charge in [-0.3, -0.25) is 10.1 Å². The Morgan fingerprint density at radius 3 is 2.50 bits per heavy atom. The Labute approximate surface area is 92.9 Å². The van der Waals surface area contributed by atoms with Gasteiger partial charge in [0.1, 0.15) is 6.29 Å². The maximum Gasteiger partial charge on any atom is 0.275 e. The number of carbonyl (C=O) groups excluding carboxylic acids is 1. The van der Waals surface area contributed by atoms with E-state index in [-0.39, 0.29) is 11.3 Å². The molecular formula is C11H13NO4. The van der Waals surface area contributed by atoms with E-state index < -0.39 is 16.4 Å². The van der Waals surface area contributed by atoms with Crippen molar-refractivity contribution >= 4 is 12.0 Å². The number of nitro benzene ring substituents is 1. The fourth-order valence-corrected chi connectivity index (χ4v) is 1.35. The van der Waals surface area contributed by atoms with E-state index in [4.69, 9.17) is 0 Å². The number of rotatable bonds is 4. The molecule has 1 aromatic carbocycles. The average molecular weight is 223 g/mol. The molecule has 0 unspecified atom stereocenters. The predicted molar refractivity (Wildman–Crippen MR) is 57.9 cm³/mol. The van der Waals surface area contributed by atoms with E-state index in [0.717, 1.165) is 0 Å². The summed E-state index contributed by atoms with van der Waals surface area (Å²) in [6.07, 6.45) is -0.597. The normalized spacial score (nSPS) is 13.2.